The molecule has 0 aliphatic heterocycles. The van der Waals surface area contributed by atoms with Gasteiger partial charge in [-0.1, -0.05) is 16.8 Å². The van der Waals surface area contributed by atoms with Crippen LogP contribution in [0, 0.1) is 0 Å². The van der Waals surface area contributed by atoms with E-state index < -0.39 is 0 Å². The van der Waals surface area contributed by atoms with Gasteiger partial charge in [-0.05, 0) is 43.5 Å². The molecule has 6 heteroatoms. The van der Waals surface area contributed by atoms with Gasteiger partial charge in [0.2, 0.25) is 11.7 Å². The van der Waals surface area contributed by atoms with Gasteiger partial charge >= 0.3 is 0 Å². The molecule has 1 aromatic heterocycles. The zero-order chi connectivity index (χ0) is 13.8. The molecular formula is C14H14ClN3O2. The van der Waals surface area contributed by atoms with Crippen LogP contribution in [-0.2, 0) is 12.0 Å². The van der Waals surface area contributed by atoms with Crippen LogP contribution in [-0.4, -0.2) is 15.7 Å². The molecule has 0 amide bonds. The second-order valence-electron chi connectivity index (χ2n) is 5.93. The summed E-state index contributed by atoms with van der Waals surface area (Å²) < 4.78 is 10.9. The lowest BCUT2D eigenvalue weighted by molar-refractivity contribution is -0.0793. The first-order chi connectivity index (χ1) is 9.57. The molecule has 3 aliphatic rings. The van der Waals surface area contributed by atoms with Crippen LogP contribution < -0.4 is 10.5 Å². The lowest BCUT2D eigenvalue weighted by Crippen LogP contribution is -2.74. The predicted molar refractivity (Wildman–Crippen MR) is 72.5 cm³/mol. The molecule has 3 aliphatic carbocycles. The van der Waals surface area contributed by atoms with Crippen LogP contribution in [0.15, 0.2) is 28.8 Å². The zero-order valence-corrected chi connectivity index (χ0v) is 11.6. The minimum Gasteiger partial charge on any atom is -0.485 e. The van der Waals surface area contributed by atoms with Gasteiger partial charge in [0.25, 0.3) is 0 Å². The van der Waals surface area contributed by atoms with E-state index in [2.05, 4.69) is 10.1 Å². The van der Waals surface area contributed by atoms with E-state index in [1.165, 1.54) is 0 Å². The number of benzene rings is 1. The van der Waals surface area contributed by atoms with Crippen LogP contribution >= 0.6 is 11.6 Å². The summed E-state index contributed by atoms with van der Waals surface area (Å²) in [5.41, 5.74) is 6.13. The molecule has 5 rings (SSSR count). The molecule has 1 heterocycles. The Bertz CT molecular complexity index is 633. The third-order valence-corrected chi connectivity index (χ3v) is 4.43. The molecule has 2 N–H and O–H groups in total. The molecule has 5 nitrogen and oxygen atoms in total. The number of halogens is 1. The number of nitrogens with zero attached hydrogens (tertiary/aromatic N) is 2. The number of rotatable bonds is 4. The largest absolute Gasteiger partial charge is 0.485 e. The van der Waals surface area contributed by atoms with E-state index in [0.717, 1.165) is 25.0 Å². The van der Waals surface area contributed by atoms with Gasteiger partial charge in [-0.15, -0.1) is 0 Å². The standard InChI is InChI=1S/C14H14ClN3O2/c15-9-1-3-10(4-2-9)19-5-11-17-12(20-18-11)13-6-14(16,7-13)8-13/h1-4H,5-8,16H2. The van der Waals surface area contributed by atoms with Crippen molar-refractivity contribution in [3.63, 3.8) is 0 Å². The van der Waals surface area contributed by atoms with Crippen LogP contribution in [0.3, 0.4) is 0 Å². The summed E-state index contributed by atoms with van der Waals surface area (Å²) in [5, 5.41) is 4.65. The summed E-state index contributed by atoms with van der Waals surface area (Å²) >= 11 is 5.82. The second-order valence-corrected chi connectivity index (χ2v) is 6.37. The lowest BCUT2D eigenvalue weighted by Gasteiger charge is -2.66. The third-order valence-electron chi connectivity index (χ3n) is 4.17. The summed E-state index contributed by atoms with van der Waals surface area (Å²) in [7, 11) is 0. The minimum absolute atomic E-state index is 0.0362. The van der Waals surface area contributed by atoms with Crippen molar-refractivity contribution in [3.8, 4) is 5.75 Å². The van der Waals surface area contributed by atoms with Crippen LogP contribution in [0.5, 0.6) is 5.75 Å². The third kappa shape index (κ3) is 1.81. The molecule has 1 aromatic carbocycles. The first-order valence-electron chi connectivity index (χ1n) is 6.57. The van der Waals surface area contributed by atoms with Crippen molar-refractivity contribution in [2.75, 3.05) is 0 Å². The SMILES string of the molecule is NC12CC(c3nc(COc4ccc(Cl)cc4)no3)(C1)C2. The Balaban J connectivity index is 1.40. The maximum Gasteiger partial charge on any atom is 0.233 e. The Labute approximate surface area is 121 Å². The van der Waals surface area contributed by atoms with Gasteiger partial charge < -0.3 is 15.0 Å². The molecule has 0 saturated heterocycles. The Morgan fingerprint density at radius 2 is 1.95 bits per heavy atom. The fourth-order valence-corrected chi connectivity index (χ4v) is 3.43. The van der Waals surface area contributed by atoms with Crippen LogP contribution in [0.4, 0.5) is 0 Å². The summed E-state index contributed by atoms with van der Waals surface area (Å²) in [6, 6.07) is 7.17. The fraction of sp³-hybridized carbons (Fsp3) is 0.429. The number of hydrogen-bond acceptors (Lipinski definition) is 5. The smallest absolute Gasteiger partial charge is 0.233 e. The van der Waals surface area contributed by atoms with Crippen LogP contribution in [0.1, 0.15) is 31.0 Å². The van der Waals surface area contributed by atoms with E-state index in [9.17, 15) is 0 Å². The Kier molecular flexibility index (Phi) is 2.41. The van der Waals surface area contributed by atoms with E-state index in [4.69, 9.17) is 26.6 Å². The van der Waals surface area contributed by atoms with E-state index in [-0.39, 0.29) is 17.6 Å². The summed E-state index contributed by atoms with van der Waals surface area (Å²) in [6.45, 7) is 0.287. The second kappa shape index (κ2) is 3.96. The Hall–Kier alpha value is -1.59. The minimum atomic E-state index is 0.0362. The maximum atomic E-state index is 6.04. The summed E-state index contributed by atoms with van der Waals surface area (Å²) in [4.78, 5) is 4.42. The molecule has 3 fully saturated rings. The normalized spacial score (nSPS) is 30.5. The Morgan fingerprint density at radius 1 is 1.25 bits per heavy atom. The molecule has 0 unspecified atom stereocenters. The van der Waals surface area contributed by atoms with Gasteiger partial charge in [-0.3, -0.25) is 0 Å². The van der Waals surface area contributed by atoms with Gasteiger partial charge in [-0.25, -0.2) is 0 Å². The summed E-state index contributed by atoms with van der Waals surface area (Å²) in [6.07, 6.45) is 2.87. The van der Waals surface area contributed by atoms with E-state index in [0.29, 0.717) is 16.7 Å². The van der Waals surface area contributed by atoms with Gasteiger partial charge in [0.05, 0.1) is 5.41 Å². The van der Waals surface area contributed by atoms with Crippen molar-refractivity contribution in [1.29, 1.82) is 0 Å². The number of aromatic nitrogens is 2. The molecule has 0 radical (unpaired) electrons. The molecule has 0 atom stereocenters. The Morgan fingerprint density at radius 3 is 2.60 bits per heavy atom. The van der Waals surface area contributed by atoms with Crippen molar-refractivity contribution in [2.24, 2.45) is 5.73 Å². The number of ether oxygens (including phenoxy) is 1. The fourth-order valence-electron chi connectivity index (χ4n) is 3.30. The monoisotopic (exact) mass is 291 g/mol. The molecule has 2 aromatic rings. The average molecular weight is 292 g/mol. The first kappa shape index (κ1) is 12.2. The maximum absolute atomic E-state index is 6.04. The molecule has 2 bridgehead atoms. The molecule has 0 spiro atoms. The highest BCUT2D eigenvalue weighted by Gasteiger charge is 2.69. The van der Waals surface area contributed by atoms with E-state index in [1.807, 2.05) is 12.1 Å². The number of nitrogens with two attached hydrogens (primary N) is 1. The lowest BCUT2D eigenvalue weighted by atomic mass is 9.40. The molecule has 3 saturated carbocycles. The van der Waals surface area contributed by atoms with Crippen molar-refractivity contribution >= 4 is 11.6 Å². The van der Waals surface area contributed by atoms with Crippen molar-refractivity contribution < 1.29 is 9.26 Å². The van der Waals surface area contributed by atoms with E-state index in [1.54, 1.807) is 12.1 Å². The van der Waals surface area contributed by atoms with Gasteiger partial charge in [0.15, 0.2) is 6.61 Å². The molecule has 104 valence electrons. The van der Waals surface area contributed by atoms with Gasteiger partial charge in [-0.2, -0.15) is 4.98 Å². The topological polar surface area (TPSA) is 74.2 Å². The summed E-state index contributed by atoms with van der Waals surface area (Å²) in [5.74, 6) is 2.00. The predicted octanol–water partition coefficient (Wildman–Crippen LogP) is 2.43. The van der Waals surface area contributed by atoms with E-state index >= 15 is 0 Å². The molecular weight excluding hydrogens is 278 g/mol. The van der Waals surface area contributed by atoms with Gasteiger partial charge in [0, 0.05) is 10.6 Å². The zero-order valence-electron chi connectivity index (χ0n) is 10.8. The highest BCUT2D eigenvalue weighted by molar-refractivity contribution is 6.30. The highest BCUT2D eigenvalue weighted by Crippen LogP contribution is 2.65. The van der Waals surface area contributed by atoms with Crippen LogP contribution in [0.2, 0.25) is 5.02 Å². The number of hydrogen-bond donors (Lipinski definition) is 1. The average Bonchev–Trinajstić information content (AvgIpc) is 2.82. The molecule has 20 heavy (non-hydrogen) atoms. The quantitative estimate of drug-likeness (QED) is 0.936. The van der Waals surface area contributed by atoms with Crippen LogP contribution in [0.25, 0.3) is 0 Å². The van der Waals surface area contributed by atoms with Crippen molar-refractivity contribution in [1.82, 2.24) is 10.1 Å². The van der Waals surface area contributed by atoms with Crippen molar-refractivity contribution in [3.05, 3.63) is 41.0 Å². The van der Waals surface area contributed by atoms with Gasteiger partial charge in [0.1, 0.15) is 5.75 Å². The van der Waals surface area contributed by atoms with Crippen molar-refractivity contribution in [2.45, 2.75) is 36.8 Å². The highest BCUT2D eigenvalue weighted by atomic mass is 35.5. The first-order valence-corrected chi connectivity index (χ1v) is 6.95.